The molecule has 0 aliphatic carbocycles. The van der Waals surface area contributed by atoms with Crippen LogP contribution < -0.4 is 0 Å². The van der Waals surface area contributed by atoms with E-state index in [9.17, 15) is 0 Å². The van der Waals surface area contributed by atoms with Crippen LogP contribution in [0.4, 0.5) is 0 Å². The first kappa shape index (κ1) is 13.1. The van der Waals surface area contributed by atoms with Crippen molar-refractivity contribution in [3.8, 4) is 0 Å². The molecule has 2 rings (SSSR count). The predicted octanol–water partition coefficient (Wildman–Crippen LogP) is 2.98. The molecular weight excluding hydrogens is 248 g/mol. The van der Waals surface area contributed by atoms with Crippen LogP contribution in [0.5, 0.6) is 0 Å². The number of aryl methyl sites for hydroxylation is 3. The Labute approximate surface area is 113 Å². The van der Waals surface area contributed by atoms with Gasteiger partial charge in [-0.1, -0.05) is 18.5 Å². The minimum Gasteiger partial charge on any atom is -0.329 e. The summed E-state index contributed by atoms with van der Waals surface area (Å²) in [5.41, 5.74) is 4.27. The first-order valence-electron chi connectivity index (χ1n) is 6.30. The molecule has 98 valence electrons. The summed E-state index contributed by atoms with van der Waals surface area (Å²) in [7, 11) is 0. The van der Waals surface area contributed by atoms with Crippen molar-refractivity contribution < 1.29 is 0 Å². The molecule has 0 radical (unpaired) electrons. The Kier molecular flexibility index (Phi) is 3.76. The fraction of sp³-hybridized carbons (Fsp3) is 0.538. The number of nitrogens with zero attached hydrogens (tertiary/aromatic N) is 4. The monoisotopic (exact) mass is 266 g/mol. The lowest BCUT2D eigenvalue weighted by molar-refractivity contribution is 0.591. The molecule has 0 aliphatic heterocycles. The molecule has 5 heteroatoms. The van der Waals surface area contributed by atoms with Crippen molar-refractivity contribution in [1.82, 2.24) is 19.3 Å². The van der Waals surface area contributed by atoms with Crippen molar-refractivity contribution in [2.24, 2.45) is 0 Å². The molecule has 2 aromatic rings. The largest absolute Gasteiger partial charge is 0.329 e. The van der Waals surface area contributed by atoms with E-state index in [-0.39, 0.29) is 0 Å². The molecule has 0 saturated heterocycles. The second-order valence-electron chi connectivity index (χ2n) is 4.42. The Morgan fingerprint density at radius 3 is 2.50 bits per heavy atom. The van der Waals surface area contributed by atoms with Gasteiger partial charge in [0.2, 0.25) is 0 Å². The predicted molar refractivity (Wildman–Crippen MR) is 73.1 cm³/mol. The molecule has 0 spiro atoms. The van der Waals surface area contributed by atoms with Gasteiger partial charge in [-0.25, -0.2) is 4.98 Å². The third-order valence-electron chi connectivity index (χ3n) is 3.36. The first-order valence-corrected chi connectivity index (χ1v) is 6.68. The summed E-state index contributed by atoms with van der Waals surface area (Å²) in [6.45, 7) is 9.81. The molecule has 18 heavy (non-hydrogen) atoms. The van der Waals surface area contributed by atoms with Crippen molar-refractivity contribution in [3.63, 3.8) is 0 Å². The van der Waals surface area contributed by atoms with E-state index in [1.807, 2.05) is 17.9 Å². The zero-order chi connectivity index (χ0) is 13.3. The van der Waals surface area contributed by atoms with E-state index in [0.717, 1.165) is 41.6 Å². The Balaban J connectivity index is 2.39. The van der Waals surface area contributed by atoms with Crippen LogP contribution in [-0.2, 0) is 19.5 Å². The summed E-state index contributed by atoms with van der Waals surface area (Å²) in [6.07, 6.45) is 2.72. The zero-order valence-electron chi connectivity index (χ0n) is 11.4. The van der Waals surface area contributed by atoms with Gasteiger partial charge in [-0.05, 0) is 27.2 Å². The van der Waals surface area contributed by atoms with Crippen LogP contribution in [0.1, 0.15) is 36.6 Å². The van der Waals surface area contributed by atoms with E-state index in [1.165, 1.54) is 5.69 Å². The lowest BCUT2D eigenvalue weighted by Crippen LogP contribution is -2.08. The van der Waals surface area contributed by atoms with Crippen molar-refractivity contribution in [2.75, 3.05) is 0 Å². The molecule has 0 saturated carbocycles. The Morgan fingerprint density at radius 2 is 2.00 bits per heavy atom. The maximum atomic E-state index is 6.40. The van der Waals surface area contributed by atoms with Crippen LogP contribution in [-0.4, -0.2) is 19.3 Å². The van der Waals surface area contributed by atoms with Gasteiger partial charge < -0.3 is 4.57 Å². The summed E-state index contributed by atoms with van der Waals surface area (Å²) in [5, 5.41) is 5.33. The van der Waals surface area contributed by atoms with Crippen molar-refractivity contribution >= 4 is 11.6 Å². The highest BCUT2D eigenvalue weighted by Gasteiger charge is 2.15. The molecule has 0 atom stereocenters. The lowest BCUT2D eigenvalue weighted by atomic mass is 10.3. The van der Waals surface area contributed by atoms with E-state index in [1.54, 1.807) is 0 Å². The fourth-order valence-electron chi connectivity index (χ4n) is 2.03. The van der Waals surface area contributed by atoms with E-state index in [0.29, 0.717) is 0 Å². The Hall–Kier alpha value is -1.29. The standard InChI is InChI=1S/C13H19ClN4/c1-5-11-13(14)12(18(6-2)16-11)7-17-8-15-9(3)10(17)4/h8H,5-7H2,1-4H3. The van der Waals surface area contributed by atoms with Crippen LogP contribution in [0, 0.1) is 13.8 Å². The normalized spacial score (nSPS) is 11.2. The minimum absolute atomic E-state index is 0.729. The van der Waals surface area contributed by atoms with Crippen molar-refractivity contribution in [1.29, 1.82) is 0 Å². The minimum atomic E-state index is 0.729. The van der Waals surface area contributed by atoms with Gasteiger partial charge in [-0.15, -0.1) is 0 Å². The molecule has 0 unspecified atom stereocenters. The maximum Gasteiger partial charge on any atom is 0.0955 e. The molecule has 4 nitrogen and oxygen atoms in total. The maximum absolute atomic E-state index is 6.40. The van der Waals surface area contributed by atoms with Crippen LogP contribution in [0.2, 0.25) is 5.02 Å². The summed E-state index contributed by atoms with van der Waals surface area (Å²) >= 11 is 6.40. The van der Waals surface area contributed by atoms with E-state index >= 15 is 0 Å². The number of hydrogen-bond donors (Lipinski definition) is 0. The molecule has 0 aromatic carbocycles. The van der Waals surface area contributed by atoms with Gasteiger partial charge in [-0.2, -0.15) is 5.10 Å². The summed E-state index contributed by atoms with van der Waals surface area (Å²) in [5.74, 6) is 0. The summed E-state index contributed by atoms with van der Waals surface area (Å²) in [6, 6.07) is 0. The summed E-state index contributed by atoms with van der Waals surface area (Å²) in [4.78, 5) is 4.31. The molecule has 2 heterocycles. The molecular formula is C13H19ClN4. The molecule has 0 aliphatic rings. The van der Waals surface area contributed by atoms with Crippen LogP contribution in [0.3, 0.4) is 0 Å². The highest BCUT2D eigenvalue weighted by molar-refractivity contribution is 6.31. The van der Waals surface area contributed by atoms with E-state index < -0.39 is 0 Å². The Morgan fingerprint density at radius 1 is 1.28 bits per heavy atom. The third kappa shape index (κ3) is 2.17. The molecule has 0 N–H and O–H groups in total. The van der Waals surface area contributed by atoms with E-state index in [2.05, 4.69) is 35.4 Å². The lowest BCUT2D eigenvalue weighted by Gasteiger charge is -2.08. The number of halogens is 1. The van der Waals surface area contributed by atoms with E-state index in [4.69, 9.17) is 11.6 Å². The quantitative estimate of drug-likeness (QED) is 0.853. The van der Waals surface area contributed by atoms with Gasteiger partial charge in [0.05, 0.1) is 35.0 Å². The number of rotatable bonds is 4. The van der Waals surface area contributed by atoms with Gasteiger partial charge >= 0.3 is 0 Å². The van der Waals surface area contributed by atoms with Crippen LogP contribution in [0.25, 0.3) is 0 Å². The molecule has 2 aromatic heterocycles. The first-order chi connectivity index (χ1) is 8.58. The van der Waals surface area contributed by atoms with Crippen LogP contribution in [0.15, 0.2) is 6.33 Å². The van der Waals surface area contributed by atoms with Gasteiger partial charge in [0.1, 0.15) is 0 Å². The van der Waals surface area contributed by atoms with Gasteiger partial charge in [0.25, 0.3) is 0 Å². The smallest absolute Gasteiger partial charge is 0.0955 e. The second kappa shape index (κ2) is 5.14. The fourth-order valence-corrected chi connectivity index (χ4v) is 2.36. The number of imidazole rings is 1. The van der Waals surface area contributed by atoms with Gasteiger partial charge in [0.15, 0.2) is 0 Å². The second-order valence-corrected chi connectivity index (χ2v) is 4.80. The van der Waals surface area contributed by atoms with Gasteiger partial charge in [0, 0.05) is 12.2 Å². The van der Waals surface area contributed by atoms with Crippen molar-refractivity contribution in [3.05, 3.63) is 34.1 Å². The average molecular weight is 267 g/mol. The topological polar surface area (TPSA) is 35.6 Å². The number of aromatic nitrogens is 4. The Bertz CT molecular complexity index is 554. The molecule has 0 bridgehead atoms. The number of hydrogen-bond acceptors (Lipinski definition) is 2. The highest BCUT2D eigenvalue weighted by atomic mass is 35.5. The van der Waals surface area contributed by atoms with Crippen molar-refractivity contribution in [2.45, 2.75) is 47.2 Å². The molecule has 0 amide bonds. The third-order valence-corrected chi connectivity index (χ3v) is 3.80. The van der Waals surface area contributed by atoms with Gasteiger partial charge in [-0.3, -0.25) is 4.68 Å². The zero-order valence-corrected chi connectivity index (χ0v) is 12.1. The summed E-state index contributed by atoms with van der Waals surface area (Å²) < 4.78 is 4.10. The SMILES string of the molecule is CCc1nn(CC)c(Cn2cnc(C)c2C)c1Cl. The average Bonchev–Trinajstić information content (AvgIpc) is 2.85. The van der Waals surface area contributed by atoms with Crippen LogP contribution >= 0.6 is 11.6 Å². The molecule has 0 fully saturated rings. The highest BCUT2D eigenvalue weighted by Crippen LogP contribution is 2.23.